The Bertz CT molecular complexity index is 1070. The fourth-order valence-corrected chi connectivity index (χ4v) is 2.69. The second-order valence-electron chi connectivity index (χ2n) is 6.27. The van der Waals surface area contributed by atoms with E-state index in [1.165, 1.54) is 43.5 Å². The van der Waals surface area contributed by atoms with Crippen molar-refractivity contribution in [2.24, 2.45) is 0 Å². The summed E-state index contributed by atoms with van der Waals surface area (Å²) in [6.45, 7) is 1.67. The van der Waals surface area contributed by atoms with Gasteiger partial charge >= 0.3 is 6.18 Å². The van der Waals surface area contributed by atoms with Gasteiger partial charge in [0.15, 0.2) is 0 Å². The lowest BCUT2D eigenvalue weighted by Gasteiger charge is -2.15. The van der Waals surface area contributed by atoms with Gasteiger partial charge in [-0.25, -0.2) is 4.98 Å². The van der Waals surface area contributed by atoms with Crippen LogP contribution in [0.2, 0.25) is 0 Å². The molecule has 1 aromatic carbocycles. The van der Waals surface area contributed by atoms with E-state index in [1.807, 2.05) is 0 Å². The summed E-state index contributed by atoms with van der Waals surface area (Å²) in [6.07, 6.45) is -1.52. The molecule has 9 heteroatoms. The first-order valence-electron chi connectivity index (χ1n) is 8.60. The van der Waals surface area contributed by atoms with E-state index in [0.29, 0.717) is 12.4 Å². The molecule has 0 aliphatic carbocycles. The van der Waals surface area contributed by atoms with E-state index < -0.39 is 17.6 Å². The highest BCUT2D eigenvalue weighted by Gasteiger charge is 2.33. The maximum atomic E-state index is 13.0. The van der Waals surface area contributed by atoms with Crippen LogP contribution in [0.4, 0.5) is 24.7 Å². The van der Waals surface area contributed by atoms with E-state index >= 15 is 0 Å². The third-order valence-corrected chi connectivity index (χ3v) is 4.23. The molecule has 0 unspecified atom stereocenters. The molecule has 0 bridgehead atoms. The zero-order valence-electron chi connectivity index (χ0n) is 15.3. The molecule has 2 aromatic heterocycles. The Kier molecular flexibility index (Phi) is 5.67. The number of nitrogens with zero attached hydrogens (tertiary/aromatic N) is 1. The first-order chi connectivity index (χ1) is 13.7. The standard InChI is InChI=1S/C20H17F3N4O2/c1-12-15(20(21,22)23)3-2-4-16(12)27-19(29)14-7-8-24-17(9-14)25-10-13-5-6-18(28)26-11-13/h2-9,11H,10H2,1H3,(H,24,25)(H,26,28)(H,27,29). The average molecular weight is 402 g/mol. The summed E-state index contributed by atoms with van der Waals surface area (Å²) in [4.78, 5) is 30.2. The highest BCUT2D eigenvalue weighted by atomic mass is 19.4. The third-order valence-electron chi connectivity index (χ3n) is 4.23. The van der Waals surface area contributed by atoms with Gasteiger partial charge in [-0.2, -0.15) is 13.2 Å². The van der Waals surface area contributed by atoms with Crippen LogP contribution in [0, 0.1) is 6.92 Å². The molecule has 150 valence electrons. The van der Waals surface area contributed by atoms with E-state index in [4.69, 9.17) is 0 Å². The molecule has 0 spiro atoms. The van der Waals surface area contributed by atoms with Gasteiger partial charge in [-0.1, -0.05) is 12.1 Å². The van der Waals surface area contributed by atoms with Gasteiger partial charge in [0, 0.05) is 36.3 Å². The molecule has 2 heterocycles. The number of benzene rings is 1. The van der Waals surface area contributed by atoms with Gasteiger partial charge < -0.3 is 15.6 Å². The highest BCUT2D eigenvalue weighted by Crippen LogP contribution is 2.34. The second-order valence-corrected chi connectivity index (χ2v) is 6.27. The summed E-state index contributed by atoms with van der Waals surface area (Å²) in [5.41, 5.74) is 0.0635. The van der Waals surface area contributed by atoms with Crippen molar-refractivity contribution >= 4 is 17.4 Å². The average Bonchev–Trinajstić information content (AvgIpc) is 2.68. The van der Waals surface area contributed by atoms with Gasteiger partial charge in [0.25, 0.3) is 5.91 Å². The van der Waals surface area contributed by atoms with Crippen LogP contribution >= 0.6 is 0 Å². The molecule has 29 heavy (non-hydrogen) atoms. The van der Waals surface area contributed by atoms with Crippen LogP contribution in [0.15, 0.2) is 59.7 Å². The lowest BCUT2D eigenvalue weighted by molar-refractivity contribution is -0.138. The Labute approximate surface area is 163 Å². The Morgan fingerprint density at radius 2 is 1.97 bits per heavy atom. The first-order valence-corrected chi connectivity index (χ1v) is 8.60. The van der Waals surface area contributed by atoms with E-state index in [2.05, 4.69) is 20.6 Å². The zero-order valence-corrected chi connectivity index (χ0v) is 15.3. The number of anilines is 2. The molecule has 6 nitrogen and oxygen atoms in total. The summed E-state index contributed by atoms with van der Waals surface area (Å²) in [6, 6.07) is 9.63. The Balaban J connectivity index is 1.73. The van der Waals surface area contributed by atoms with Gasteiger partial charge in [0.05, 0.1) is 5.56 Å². The SMILES string of the molecule is Cc1c(NC(=O)c2ccnc(NCc3ccc(=O)[nH]c3)c2)cccc1C(F)(F)F. The van der Waals surface area contributed by atoms with E-state index in [0.717, 1.165) is 11.6 Å². The van der Waals surface area contributed by atoms with Gasteiger partial charge in [0.1, 0.15) is 5.82 Å². The number of rotatable bonds is 5. The van der Waals surface area contributed by atoms with Crippen LogP contribution in [0.3, 0.4) is 0 Å². The molecule has 0 aliphatic heterocycles. The number of nitrogens with one attached hydrogen (secondary N) is 3. The number of aromatic amines is 1. The number of halogens is 3. The molecule has 0 fully saturated rings. The number of aromatic nitrogens is 2. The van der Waals surface area contributed by atoms with Crippen molar-refractivity contribution in [3.63, 3.8) is 0 Å². The van der Waals surface area contributed by atoms with Gasteiger partial charge in [-0.3, -0.25) is 9.59 Å². The van der Waals surface area contributed by atoms with E-state index in [-0.39, 0.29) is 22.4 Å². The van der Waals surface area contributed by atoms with Gasteiger partial charge in [-0.15, -0.1) is 0 Å². The minimum Gasteiger partial charge on any atom is -0.366 e. The number of hydrogen-bond acceptors (Lipinski definition) is 4. The van der Waals surface area contributed by atoms with Crippen molar-refractivity contribution in [2.75, 3.05) is 10.6 Å². The lowest BCUT2D eigenvalue weighted by Crippen LogP contribution is -2.16. The normalized spacial score (nSPS) is 11.2. The molecule has 3 rings (SSSR count). The number of hydrogen-bond donors (Lipinski definition) is 3. The number of carbonyl (C=O) groups excluding carboxylic acids is 1. The van der Waals surface area contributed by atoms with Crippen LogP contribution in [0.5, 0.6) is 0 Å². The Morgan fingerprint density at radius 1 is 1.17 bits per heavy atom. The number of alkyl halides is 3. The molecule has 0 aliphatic rings. The smallest absolute Gasteiger partial charge is 0.366 e. The molecule has 0 atom stereocenters. The minimum absolute atomic E-state index is 0.0566. The first kappa shape index (κ1) is 20.1. The molecular formula is C20H17F3N4O2. The summed E-state index contributed by atoms with van der Waals surface area (Å²) < 4.78 is 39.1. The van der Waals surface area contributed by atoms with Crippen LogP contribution in [-0.2, 0) is 12.7 Å². The van der Waals surface area contributed by atoms with Crippen molar-refractivity contribution < 1.29 is 18.0 Å². The van der Waals surface area contributed by atoms with Crippen molar-refractivity contribution in [3.05, 3.63) is 87.5 Å². The van der Waals surface area contributed by atoms with E-state index in [1.54, 1.807) is 12.3 Å². The maximum Gasteiger partial charge on any atom is 0.416 e. The number of H-pyrrole nitrogens is 1. The predicted molar refractivity (Wildman–Crippen MR) is 103 cm³/mol. The quantitative estimate of drug-likeness (QED) is 0.603. The summed E-state index contributed by atoms with van der Waals surface area (Å²) in [5, 5.41) is 5.53. The lowest BCUT2D eigenvalue weighted by atomic mass is 10.1. The zero-order chi connectivity index (χ0) is 21.0. The van der Waals surface area contributed by atoms with Crippen molar-refractivity contribution in [3.8, 4) is 0 Å². The number of pyridine rings is 2. The fourth-order valence-electron chi connectivity index (χ4n) is 2.69. The van der Waals surface area contributed by atoms with E-state index in [9.17, 15) is 22.8 Å². The molecule has 3 aromatic rings. The second kappa shape index (κ2) is 8.17. The monoisotopic (exact) mass is 402 g/mol. The Morgan fingerprint density at radius 3 is 2.66 bits per heavy atom. The molecule has 0 saturated heterocycles. The maximum absolute atomic E-state index is 13.0. The summed E-state index contributed by atoms with van der Waals surface area (Å²) >= 11 is 0. The van der Waals surface area contributed by atoms with Crippen molar-refractivity contribution in [1.29, 1.82) is 0 Å². The Hall–Kier alpha value is -3.62. The van der Waals surface area contributed by atoms with Crippen molar-refractivity contribution in [2.45, 2.75) is 19.6 Å². The van der Waals surface area contributed by atoms with Crippen LogP contribution in [-0.4, -0.2) is 15.9 Å². The van der Waals surface area contributed by atoms with Crippen LogP contribution < -0.4 is 16.2 Å². The number of amides is 1. The van der Waals surface area contributed by atoms with Gasteiger partial charge in [0.2, 0.25) is 5.56 Å². The summed E-state index contributed by atoms with van der Waals surface area (Å²) in [7, 11) is 0. The number of carbonyl (C=O) groups is 1. The minimum atomic E-state index is -4.50. The molecule has 0 saturated carbocycles. The summed E-state index contributed by atoms with van der Waals surface area (Å²) in [5.74, 6) is -0.147. The van der Waals surface area contributed by atoms with Crippen LogP contribution in [0.1, 0.15) is 27.0 Å². The molecule has 0 radical (unpaired) electrons. The molecular weight excluding hydrogens is 385 g/mol. The topological polar surface area (TPSA) is 86.9 Å². The van der Waals surface area contributed by atoms with Crippen LogP contribution in [0.25, 0.3) is 0 Å². The fraction of sp³-hybridized carbons (Fsp3) is 0.150. The molecule has 1 amide bonds. The van der Waals surface area contributed by atoms with Gasteiger partial charge in [-0.05, 0) is 42.3 Å². The molecule has 3 N–H and O–H groups in total. The predicted octanol–water partition coefficient (Wildman–Crippen LogP) is 3.96. The third kappa shape index (κ3) is 5.01. The largest absolute Gasteiger partial charge is 0.416 e. The highest BCUT2D eigenvalue weighted by molar-refractivity contribution is 6.05. The van der Waals surface area contributed by atoms with Crippen molar-refractivity contribution in [1.82, 2.24) is 9.97 Å².